The van der Waals surface area contributed by atoms with Crippen molar-refractivity contribution in [2.75, 3.05) is 10.2 Å². The lowest BCUT2D eigenvalue weighted by Crippen LogP contribution is -2.30. The number of carbonyl (C=O) groups excluding carboxylic acids is 2. The first-order valence-corrected chi connectivity index (χ1v) is 9.34. The predicted octanol–water partition coefficient (Wildman–Crippen LogP) is 3.71. The zero-order valence-electron chi connectivity index (χ0n) is 16.0. The van der Waals surface area contributed by atoms with Crippen LogP contribution >= 0.6 is 0 Å². The van der Waals surface area contributed by atoms with E-state index in [0.29, 0.717) is 30.3 Å². The van der Waals surface area contributed by atoms with Crippen LogP contribution in [0.3, 0.4) is 0 Å². The number of nitrogens with zero attached hydrogens (tertiary/aromatic N) is 2. The summed E-state index contributed by atoms with van der Waals surface area (Å²) in [5.41, 5.74) is 2.21. The maximum absolute atomic E-state index is 12.1. The van der Waals surface area contributed by atoms with Gasteiger partial charge >= 0.3 is 6.03 Å². The molecule has 1 fully saturated rings. The van der Waals surface area contributed by atoms with Gasteiger partial charge < -0.3 is 20.1 Å². The molecule has 1 aromatic heterocycles. The van der Waals surface area contributed by atoms with E-state index >= 15 is 0 Å². The average Bonchev–Trinajstić information content (AvgIpc) is 3.20. The van der Waals surface area contributed by atoms with Gasteiger partial charge in [-0.2, -0.15) is 0 Å². The maximum Gasteiger partial charge on any atom is 0.319 e. The summed E-state index contributed by atoms with van der Waals surface area (Å²) in [6.07, 6.45) is 2.29. The lowest BCUT2D eigenvalue weighted by atomic mass is 10.1. The van der Waals surface area contributed by atoms with E-state index in [1.807, 2.05) is 30.0 Å². The Morgan fingerprint density at radius 3 is 2.70 bits per heavy atom. The Labute approximate surface area is 159 Å². The smallest absolute Gasteiger partial charge is 0.319 e. The van der Waals surface area contributed by atoms with E-state index in [1.165, 1.54) is 0 Å². The third-order valence-corrected chi connectivity index (χ3v) is 4.54. The number of carbonyl (C=O) groups is 2. The van der Waals surface area contributed by atoms with E-state index in [9.17, 15) is 9.59 Å². The van der Waals surface area contributed by atoms with Crippen molar-refractivity contribution < 1.29 is 14.1 Å². The van der Waals surface area contributed by atoms with Crippen LogP contribution in [0.4, 0.5) is 16.2 Å². The molecule has 0 spiro atoms. The number of hydrogen-bond acceptors (Lipinski definition) is 4. The van der Waals surface area contributed by atoms with Crippen molar-refractivity contribution in [2.45, 2.75) is 52.6 Å². The summed E-state index contributed by atoms with van der Waals surface area (Å²) < 4.78 is 5.25. The number of amides is 3. The summed E-state index contributed by atoms with van der Waals surface area (Å²) in [6.45, 7) is 6.56. The second-order valence-electron chi connectivity index (χ2n) is 7.39. The van der Waals surface area contributed by atoms with Crippen molar-refractivity contribution in [1.82, 2.24) is 10.5 Å². The van der Waals surface area contributed by atoms with Crippen LogP contribution in [-0.2, 0) is 17.8 Å². The number of benzene rings is 1. The molecule has 1 aromatic carbocycles. The summed E-state index contributed by atoms with van der Waals surface area (Å²) >= 11 is 0. The third kappa shape index (κ3) is 4.87. The normalized spacial score (nSPS) is 16.8. The highest BCUT2D eigenvalue weighted by Gasteiger charge is 2.28. The molecule has 0 saturated carbocycles. The number of nitrogens with one attached hydrogen (secondary N) is 2. The summed E-state index contributed by atoms with van der Waals surface area (Å²) in [7, 11) is 0. The fraction of sp³-hybridized carbons (Fsp3) is 0.450. The first-order chi connectivity index (χ1) is 12.9. The lowest BCUT2D eigenvalue weighted by Gasteiger charge is -2.21. The van der Waals surface area contributed by atoms with Crippen LogP contribution in [0.25, 0.3) is 0 Å². The number of anilines is 2. The van der Waals surface area contributed by atoms with Gasteiger partial charge in [0.05, 0.1) is 6.54 Å². The van der Waals surface area contributed by atoms with Gasteiger partial charge in [0, 0.05) is 36.3 Å². The van der Waals surface area contributed by atoms with Gasteiger partial charge in [0.25, 0.3) is 0 Å². The lowest BCUT2D eigenvalue weighted by molar-refractivity contribution is -0.117. The molecule has 1 atom stereocenters. The third-order valence-electron chi connectivity index (χ3n) is 4.54. The molecule has 2 N–H and O–H groups in total. The topological polar surface area (TPSA) is 87.5 Å². The highest BCUT2D eigenvalue weighted by Crippen LogP contribution is 2.27. The molecule has 7 heteroatoms. The predicted molar refractivity (Wildman–Crippen MR) is 104 cm³/mol. The van der Waals surface area contributed by atoms with Crippen molar-refractivity contribution >= 4 is 23.3 Å². The second kappa shape index (κ2) is 8.24. The van der Waals surface area contributed by atoms with Gasteiger partial charge in [0.1, 0.15) is 11.5 Å². The van der Waals surface area contributed by atoms with Gasteiger partial charge in [-0.05, 0) is 43.5 Å². The van der Waals surface area contributed by atoms with Crippen LogP contribution in [0.5, 0.6) is 0 Å². The monoisotopic (exact) mass is 370 g/mol. The zero-order valence-corrected chi connectivity index (χ0v) is 16.0. The maximum atomic E-state index is 12.1. The largest absolute Gasteiger partial charge is 0.361 e. The molecule has 7 nitrogen and oxygen atoms in total. The van der Waals surface area contributed by atoms with Crippen molar-refractivity contribution in [3.05, 3.63) is 41.8 Å². The van der Waals surface area contributed by atoms with Gasteiger partial charge in [-0.3, -0.25) is 4.79 Å². The molecule has 3 amide bonds. The molecule has 0 bridgehead atoms. The first-order valence-electron chi connectivity index (χ1n) is 9.34. The molecular weight excluding hydrogens is 344 g/mol. The van der Waals surface area contributed by atoms with Crippen LogP contribution in [-0.4, -0.2) is 23.1 Å². The summed E-state index contributed by atoms with van der Waals surface area (Å²) in [5, 5.41) is 9.50. The molecule has 144 valence electrons. The zero-order chi connectivity index (χ0) is 19.4. The number of rotatable bonds is 6. The summed E-state index contributed by atoms with van der Waals surface area (Å²) in [5.74, 6) is 1.46. The van der Waals surface area contributed by atoms with Crippen molar-refractivity contribution in [2.24, 2.45) is 5.92 Å². The Kier molecular flexibility index (Phi) is 5.78. The molecule has 2 aromatic rings. The fourth-order valence-corrected chi connectivity index (χ4v) is 3.22. The van der Waals surface area contributed by atoms with E-state index in [0.717, 1.165) is 24.3 Å². The molecular formula is C20H26N4O3. The highest BCUT2D eigenvalue weighted by molar-refractivity contribution is 5.96. The SMILES string of the molecule is CC(C)Cc1cc(CNC(=O)Nc2ccc(N3C(=O)CC[C@@H]3C)cc2)no1. The van der Waals surface area contributed by atoms with E-state index in [4.69, 9.17) is 4.52 Å². The summed E-state index contributed by atoms with van der Waals surface area (Å²) in [4.78, 5) is 25.8. The highest BCUT2D eigenvalue weighted by atomic mass is 16.5. The van der Waals surface area contributed by atoms with Gasteiger partial charge in [-0.15, -0.1) is 0 Å². The van der Waals surface area contributed by atoms with E-state index in [2.05, 4.69) is 29.6 Å². The molecule has 2 heterocycles. The molecule has 0 aliphatic carbocycles. The van der Waals surface area contributed by atoms with Gasteiger partial charge in [-0.25, -0.2) is 4.79 Å². The van der Waals surface area contributed by atoms with E-state index in [1.54, 1.807) is 12.1 Å². The van der Waals surface area contributed by atoms with E-state index in [-0.39, 0.29) is 18.0 Å². The van der Waals surface area contributed by atoms with Crippen molar-refractivity contribution in [3.63, 3.8) is 0 Å². The fourth-order valence-electron chi connectivity index (χ4n) is 3.22. The minimum absolute atomic E-state index is 0.144. The van der Waals surface area contributed by atoms with Gasteiger partial charge in [-0.1, -0.05) is 19.0 Å². The van der Waals surface area contributed by atoms with Gasteiger partial charge in [0.2, 0.25) is 5.91 Å². The van der Waals surface area contributed by atoms with E-state index < -0.39 is 0 Å². The number of hydrogen-bond donors (Lipinski definition) is 2. The minimum atomic E-state index is -0.318. The van der Waals surface area contributed by atoms with Crippen LogP contribution in [0, 0.1) is 5.92 Å². The molecule has 3 rings (SSSR count). The molecule has 1 aliphatic rings. The molecule has 0 radical (unpaired) electrons. The van der Waals surface area contributed by atoms with Gasteiger partial charge in [0.15, 0.2) is 0 Å². The Hall–Kier alpha value is -2.83. The Morgan fingerprint density at radius 1 is 1.33 bits per heavy atom. The molecule has 1 saturated heterocycles. The molecule has 1 aliphatic heterocycles. The summed E-state index contributed by atoms with van der Waals surface area (Å²) in [6, 6.07) is 9.05. The Balaban J connectivity index is 1.50. The average molecular weight is 370 g/mol. The van der Waals surface area contributed by atoms with Crippen LogP contribution in [0.2, 0.25) is 0 Å². The van der Waals surface area contributed by atoms with Crippen molar-refractivity contribution in [3.8, 4) is 0 Å². The number of urea groups is 1. The standard InChI is InChI=1S/C20H26N4O3/c1-13(2)10-18-11-16(23-27-18)12-21-20(26)22-15-5-7-17(8-6-15)24-14(3)4-9-19(24)25/h5-8,11,13-14H,4,9-10,12H2,1-3H3,(H2,21,22,26)/t14-/m0/s1. The quantitative estimate of drug-likeness (QED) is 0.811. The Morgan fingerprint density at radius 2 is 2.07 bits per heavy atom. The van der Waals surface area contributed by atoms with Crippen molar-refractivity contribution in [1.29, 1.82) is 0 Å². The van der Waals surface area contributed by atoms with Crippen LogP contribution < -0.4 is 15.5 Å². The molecule has 0 unspecified atom stereocenters. The second-order valence-corrected chi connectivity index (χ2v) is 7.39. The number of aromatic nitrogens is 1. The minimum Gasteiger partial charge on any atom is -0.361 e. The van der Waals surface area contributed by atoms with Crippen LogP contribution in [0.15, 0.2) is 34.9 Å². The first kappa shape index (κ1) is 18.9. The Bertz CT molecular complexity index is 798. The molecule has 27 heavy (non-hydrogen) atoms. The van der Waals surface area contributed by atoms with Crippen LogP contribution in [0.1, 0.15) is 45.1 Å².